The molecule has 2 aliphatic rings. The lowest BCUT2D eigenvalue weighted by Crippen LogP contribution is -2.50. The number of hydrogen-bond donors (Lipinski definition) is 1. The van der Waals surface area contributed by atoms with Crippen molar-refractivity contribution in [2.45, 2.75) is 66.6 Å². The molecule has 1 N–H and O–H groups in total. The van der Waals surface area contributed by atoms with Gasteiger partial charge in [-0.25, -0.2) is 19.6 Å². The summed E-state index contributed by atoms with van der Waals surface area (Å²) in [5.41, 5.74) is -0.159. The van der Waals surface area contributed by atoms with Gasteiger partial charge in [-0.1, -0.05) is 11.6 Å². The molecule has 2 aromatic rings. The van der Waals surface area contributed by atoms with E-state index in [1.165, 1.54) is 18.2 Å². The lowest BCUT2D eigenvalue weighted by atomic mass is 10.2. The molecule has 4 rings (SSSR count). The van der Waals surface area contributed by atoms with Crippen LogP contribution < -0.4 is 10.2 Å². The van der Waals surface area contributed by atoms with Crippen molar-refractivity contribution >= 4 is 41.0 Å². The van der Waals surface area contributed by atoms with Crippen LogP contribution in [0.2, 0.25) is 5.15 Å². The summed E-state index contributed by atoms with van der Waals surface area (Å²) in [6.07, 6.45) is -0.515. The summed E-state index contributed by atoms with van der Waals surface area (Å²) >= 11 is 5.49. The number of anilines is 1. The zero-order valence-electron chi connectivity index (χ0n) is 28.2. The summed E-state index contributed by atoms with van der Waals surface area (Å²) in [7, 11) is 0. The van der Waals surface area contributed by atoms with Gasteiger partial charge in [0.2, 0.25) is 0 Å². The zero-order chi connectivity index (χ0) is 35.5. The lowest BCUT2D eigenvalue weighted by molar-refractivity contribution is -0.385. The fourth-order valence-electron chi connectivity index (χ4n) is 4.24. The van der Waals surface area contributed by atoms with Crippen molar-refractivity contribution in [1.29, 1.82) is 0 Å². The number of carbonyl (C=O) groups excluding carboxylic acids is 2. The third-order valence-corrected chi connectivity index (χ3v) is 6.70. The Kier molecular flexibility index (Phi) is 14.1. The van der Waals surface area contributed by atoms with Crippen molar-refractivity contribution < 1.29 is 28.9 Å². The molecule has 2 fully saturated rings. The lowest BCUT2D eigenvalue weighted by Gasteiger charge is -2.36. The number of carbonyl (C=O) groups is 2. The van der Waals surface area contributed by atoms with Gasteiger partial charge in [-0.2, -0.15) is 0 Å². The fraction of sp³-hybridized carbons (Fsp3) is 0.600. The number of piperazine rings is 2. The molecule has 260 valence electrons. The van der Waals surface area contributed by atoms with E-state index in [1.807, 2.05) is 46.4 Å². The van der Waals surface area contributed by atoms with Crippen molar-refractivity contribution in [3.8, 4) is 0 Å². The van der Waals surface area contributed by atoms with Gasteiger partial charge in [0.25, 0.3) is 11.4 Å². The third-order valence-electron chi connectivity index (χ3n) is 6.48. The number of ether oxygens (including phenoxy) is 2. The monoisotopic (exact) mass is 680 g/mol. The molecule has 0 atom stereocenters. The maximum atomic E-state index is 12.0. The Morgan fingerprint density at radius 1 is 0.745 bits per heavy atom. The van der Waals surface area contributed by atoms with Gasteiger partial charge in [0.15, 0.2) is 0 Å². The number of rotatable bonds is 3. The second-order valence-corrected chi connectivity index (χ2v) is 13.1. The summed E-state index contributed by atoms with van der Waals surface area (Å²) in [6, 6.07) is 5.85. The van der Waals surface area contributed by atoms with Gasteiger partial charge < -0.3 is 29.5 Å². The van der Waals surface area contributed by atoms with Crippen molar-refractivity contribution in [1.82, 2.24) is 25.1 Å². The predicted octanol–water partition coefficient (Wildman–Crippen LogP) is 5.13. The molecule has 0 radical (unpaired) electrons. The number of hydrogen-bond acceptors (Lipinski definition) is 12. The zero-order valence-corrected chi connectivity index (χ0v) is 29.0. The van der Waals surface area contributed by atoms with Gasteiger partial charge in [0.1, 0.15) is 33.6 Å². The molecule has 2 saturated heterocycles. The minimum atomic E-state index is -0.509. The Bertz CT molecular complexity index is 1400. The summed E-state index contributed by atoms with van der Waals surface area (Å²) < 4.78 is 10.6. The molecule has 0 bridgehead atoms. The van der Waals surface area contributed by atoms with Crippen LogP contribution in [-0.4, -0.2) is 105 Å². The second kappa shape index (κ2) is 17.0. The van der Waals surface area contributed by atoms with E-state index < -0.39 is 15.4 Å². The Labute approximate surface area is 279 Å². The van der Waals surface area contributed by atoms with E-state index in [-0.39, 0.29) is 34.3 Å². The van der Waals surface area contributed by atoms with Gasteiger partial charge in [0, 0.05) is 64.5 Å². The highest BCUT2D eigenvalue weighted by Gasteiger charge is 2.27. The van der Waals surface area contributed by atoms with Crippen LogP contribution in [0.5, 0.6) is 0 Å². The van der Waals surface area contributed by atoms with Gasteiger partial charge >= 0.3 is 12.2 Å². The largest absolute Gasteiger partial charge is 0.444 e. The van der Waals surface area contributed by atoms with E-state index in [2.05, 4.69) is 15.3 Å². The number of amides is 2. The van der Waals surface area contributed by atoms with E-state index in [9.17, 15) is 29.8 Å². The molecule has 2 aliphatic heterocycles. The number of nitrogens with one attached hydrogen (secondary N) is 1. The minimum absolute atomic E-state index is 0.00519. The van der Waals surface area contributed by atoms with Crippen molar-refractivity contribution in [3.63, 3.8) is 0 Å². The highest BCUT2D eigenvalue weighted by atomic mass is 35.5. The Hall–Kier alpha value is -4.31. The van der Waals surface area contributed by atoms with Crippen LogP contribution in [0.1, 0.15) is 52.9 Å². The minimum Gasteiger partial charge on any atom is -0.444 e. The first-order chi connectivity index (χ1) is 21.8. The standard InChI is InChI=1S/C15H22N4O4.C9H18N2O2.C6H5ClN2O2/c1-11-12(19(21)22)5-6-13(16-11)17-7-9-18(10-8-17)14(20)23-15(2,3)4;1-9(2,3)13-8(12)11-6-4-10-5-7-11;1-4-5(9(10)11)2-3-6(7)8-4/h5-6H,7-10H2,1-4H3;10H,4-7H2,1-3H3;2-3H,1H3. The van der Waals surface area contributed by atoms with Crippen LogP contribution in [0.3, 0.4) is 0 Å². The summed E-state index contributed by atoms with van der Waals surface area (Å²) in [4.78, 5) is 57.1. The molecule has 2 amide bonds. The molecule has 0 aromatic carbocycles. The highest BCUT2D eigenvalue weighted by molar-refractivity contribution is 6.29. The Balaban J connectivity index is 0.000000270. The van der Waals surface area contributed by atoms with Gasteiger partial charge in [0.05, 0.1) is 9.85 Å². The number of halogens is 1. The normalized spacial score (nSPS) is 15.0. The van der Waals surface area contributed by atoms with E-state index in [1.54, 1.807) is 29.7 Å². The third kappa shape index (κ3) is 13.5. The highest BCUT2D eigenvalue weighted by Crippen LogP contribution is 2.22. The van der Waals surface area contributed by atoms with Crippen LogP contribution in [0.25, 0.3) is 0 Å². The van der Waals surface area contributed by atoms with Gasteiger partial charge in [-0.05, 0) is 67.5 Å². The molecule has 0 aliphatic carbocycles. The predicted molar refractivity (Wildman–Crippen MR) is 177 cm³/mol. The molecular formula is C30H45ClN8O8. The number of pyridine rings is 2. The second-order valence-electron chi connectivity index (χ2n) is 12.7. The van der Waals surface area contributed by atoms with Crippen molar-refractivity contribution in [2.24, 2.45) is 0 Å². The maximum Gasteiger partial charge on any atom is 0.410 e. The van der Waals surface area contributed by atoms with E-state index in [4.69, 9.17) is 21.1 Å². The summed E-state index contributed by atoms with van der Waals surface area (Å²) in [5, 5.41) is 24.5. The molecule has 47 heavy (non-hydrogen) atoms. The van der Waals surface area contributed by atoms with E-state index in [0.717, 1.165) is 26.2 Å². The van der Waals surface area contributed by atoms with Gasteiger partial charge in [-0.3, -0.25) is 20.2 Å². The first-order valence-corrected chi connectivity index (χ1v) is 15.5. The van der Waals surface area contributed by atoms with Crippen LogP contribution in [-0.2, 0) is 9.47 Å². The molecule has 0 saturated carbocycles. The number of nitro groups is 2. The fourth-order valence-corrected chi connectivity index (χ4v) is 4.43. The van der Waals surface area contributed by atoms with Crippen molar-refractivity contribution in [3.05, 3.63) is 61.0 Å². The Morgan fingerprint density at radius 3 is 1.57 bits per heavy atom. The first kappa shape index (κ1) is 38.9. The van der Waals surface area contributed by atoms with Crippen LogP contribution in [0, 0.1) is 34.1 Å². The van der Waals surface area contributed by atoms with Crippen LogP contribution in [0.15, 0.2) is 24.3 Å². The first-order valence-electron chi connectivity index (χ1n) is 15.1. The van der Waals surface area contributed by atoms with E-state index >= 15 is 0 Å². The number of aromatic nitrogens is 2. The smallest absolute Gasteiger partial charge is 0.410 e. The molecule has 0 spiro atoms. The quantitative estimate of drug-likeness (QED) is 0.256. The molecule has 17 heteroatoms. The topological polar surface area (TPSA) is 186 Å². The summed E-state index contributed by atoms with van der Waals surface area (Å²) in [5.74, 6) is 0.692. The van der Waals surface area contributed by atoms with Crippen molar-refractivity contribution in [2.75, 3.05) is 57.3 Å². The van der Waals surface area contributed by atoms with Crippen LogP contribution >= 0.6 is 11.6 Å². The number of nitrogens with zero attached hydrogens (tertiary/aromatic N) is 7. The maximum absolute atomic E-state index is 12.0. The SMILES string of the molecule is CC(C)(C)OC(=O)N1CCNCC1.Cc1nc(Cl)ccc1[N+](=O)[O-].Cc1nc(N2CCN(C(=O)OC(C)(C)C)CC2)ccc1[N+](=O)[O-]. The number of aryl methyl sites for hydroxylation is 2. The van der Waals surface area contributed by atoms with E-state index in [0.29, 0.717) is 43.4 Å². The molecule has 0 unspecified atom stereocenters. The molecule has 4 heterocycles. The summed E-state index contributed by atoms with van der Waals surface area (Å²) in [6.45, 7) is 19.8. The molecule has 2 aromatic heterocycles. The van der Waals surface area contributed by atoms with Gasteiger partial charge in [-0.15, -0.1) is 0 Å². The molecular weight excluding hydrogens is 636 g/mol. The average molecular weight is 681 g/mol. The Morgan fingerprint density at radius 2 is 1.17 bits per heavy atom. The average Bonchev–Trinajstić information content (AvgIpc) is 2.96. The van der Waals surface area contributed by atoms with Crippen LogP contribution in [0.4, 0.5) is 26.8 Å². The molecule has 16 nitrogen and oxygen atoms in total.